The Balaban J connectivity index is 0.00000144. The molecule has 0 unspecified atom stereocenters. The molecule has 2 rings (SSSR count). The lowest BCUT2D eigenvalue weighted by atomic mass is 10.0. The number of hydrogen-bond acceptors (Lipinski definition) is 3. The van der Waals surface area contributed by atoms with Crippen LogP contribution in [0.15, 0.2) is 29.6 Å². The van der Waals surface area contributed by atoms with Gasteiger partial charge >= 0.3 is 0 Å². The number of nitrogens with two attached hydrogens (primary N) is 1. The molecule has 1 heterocycles. The number of halogens is 2. The van der Waals surface area contributed by atoms with E-state index in [0.717, 1.165) is 4.88 Å². The minimum Gasteiger partial charge on any atom is -0.505 e. The SMILES string of the molecule is Cc1ccc([C@@H](N)c2cccs2)c(O)c1F.Cl. The summed E-state index contributed by atoms with van der Waals surface area (Å²) in [5.41, 5.74) is 6.80. The Morgan fingerprint density at radius 1 is 1.35 bits per heavy atom. The Bertz CT molecular complexity index is 501. The van der Waals surface area contributed by atoms with Gasteiger partial charge in [0.05, 0.1) is 6.04 Å². The summed E-state index contributed by atoms with van der Waals surface area (Å²) >= 11 is 1.49. The fourth-order valence-electron chi connectivity index (χ4n) is 1.55. The van der Waals surface area contributed by atoms with Crippen molar-refractivity contribution in [3.8, 4) is 5.75 Å². The Kier molecular flexibility index (Phi) is 4.51. The third-order valence-electron chi connectivity index (χ3n) is 2.53. The van der Waals surface area contributed by atoms with Crippen molar-refractivity contribution in [2.24, 2.45) is 5.73 Å². The summed E-state index contributed by atoms with van der Waals surface area (Å²) in [5.74, 6) is -0.939. The van der Waals surface area contributed by atoms with Gasteiger partial charge in [-0.3, -0.25) is 0 Å². The number of benzene rings is 1. The molecule has 1 atom stereocenters. The van der Waals surface area contributed by atoms with Gasteiger partial charge in [0.15, 0.2) is 11.6 Å². The second-order valence-corrected chi connectivity index (χ2v) is 4.61. The van der Waals surface area contributed by atoms with Gasteiger partial charge in [-0.15, -0.1) is 23.7 Å². The number of phenolic OH excluding ortho intramolecular Hbond substituents is 1. The minimum atomic E-state index is -0.593. The molecule has 1 aromatic carbocycles. The zero-order valence-electron chi connectivity index (χ0n) is 9.18. The summed E-state index contributed by atoms with van der Waals surface area (Å²) in [6.07, 6.45) is 0. The lowest BCUT2D eigenvalue weighted by Gasteiger charge is -2.13. The Morgan fingerprint density at radius 3 is 2.65 bits per heavy atom. The van der Waals surface area contributed by atoms with Crippen LogP contribution in [0, 0.1) is 12.7 Å². The maximum absolute atomic E-state index is 13.5. The lowest BCUT2D eigenvalue weighted by molar-refractivity contribution is 0.421. The second-order valence-electron chi connectivity index (χ2n) is 3.63. The van der Waals surface area contributed by atoms with E-state index in [9.17, 15) is 9.50 Å². The molecular weight excluding hydrogens is 261 g/mol. The number of aryl methyl sites for hydroxylation is 1. The molecule has 0 radical (unpaired) electrons. The monoisotopic (exact) mass is 273 g/mol. The van der Waals surface area contributed by atoms with E-state index in [1.165, 1.54) is 11.3 Å². The molecule has 0 aliphatic heterocycles. The van der Waals surface area contributed by atoms with Crippen LogP contribution in [0.2, 0.25) is 0 Å². The molecule has 1 aromatic heterocycles. The zero-order valence-corrected chi connectivity index (χ0v) is 10.8. The van der Waals surface area contributed by atoms with Gasteiger partial charge < -0.3 is 10.8 Å². The van der Waals surface area contributed by atoms with Crippen LogP contribution in [0.3, 0.4) is 0 Å². The van der Waals surface area contributed by atoms with Crippen LogP contribution in [-0.4, -0.2) is 5.11 Å². The van der Waals surface area contributed by atoms with Crippen LogP contribution in [0.25, 0.3) is 0 Å². The van der Waals surface area contributed by atoms with Crippen molar-refractivity contribution in [2.75, 3.05) is 0 Å². The summed E-state index contributed by atoms with van der Waals surface area (Å²) in [6.45, 7) is 1.61. The molecule has 0 aliphatic rings. The van der Waals surface area contributed by atoms with Crippen molar-refractivity contribution in [2.45, 2.75) is 13.0 Å². The molecular formula is C12H13ClFNOS. The largest absolute Gasteiger partial charge is 0.505 e. The molecule has 0 amide bonds. The predicted octanol–water partition coefficient (Wildman–Crippen LogP) is 3.37. The molecule has 3 N–H and O–H groups in total. The van der Waals surface area contributed by atoms with Crippen LogP contribution in [0.5, 0.6) is 5.75 Å². The molecule has 5 heteroatoms. The average Bonchev–Trinajstić information content (AvgIpc) is 2.79. The van der Waals surface area contributed by atoms with E-state index in [1.54, 1.807) is 19.1 Å². The van der Waals surface area contributed by atoms with E-state index in [1.807, 2.05) is 17.5 Å². The molecule has 0 fully saturated rings. The van der Waals surface area contributed by atoms with Gasteiger partial charge in [0.2, 0.25) is 0 Å². The van der Waals surface area contributed by atoms with Crippen LogP contribution in [-0.2, 0) is 0 Å². The van der Waals surface area contributed by atoms with E-state index in [-0.39, 0.29) is 18.2 Å². The van der Waals surface area contributed by atoms with Crippen LogP contribution >= 0.6 is 23.7 Å². The molecule has 2 aromatic rings. The van der Waals surface area contributed by atoms with Crippen molar-refractivity contribution < 1.29 is 9.50 Å². The molecule has 0 saturated heterocycles. The van der Waals surface area contributed by atoms with Gasteiger partial charge in [-0.05, 0) is 23.9 Å². The quantitative estimate of drug-likeness (QED) is 0.881. The Labute approximate surface area is 109 Å². The molecule has 0 saturated carbocycles. The normalized spacial score (nSPS) is 11.9. The highest BCUT2D eigenvalue weighted by atomic mass is 35.5. The summed E-state index contributed by atoms with van der Waals surface area (Å²) in [4.78, 5) is 0.901. The van der Waals surface area contributed by atoms with E-state index >= 15 is 0 Å². The van der Waals surface area contributed by atoms with Crippen LogP contribution in [0.1, 0.15) is 22.0 Å². The number of thiophene rings is 1. The molecule has 0 bridgehead atoms. The summed E-state index contributed by atoms with van der Waals surface area (Å²) in [7, 11) is 0. The Hall–Kier alpha value is -1.10. The van der Waals surface area contributed by atoms with Crippen molar-refractivity contribution in [1.82, 2.24) is 0 Å². The lowest BCUT2D eigenvalue weighted by Crippen LogP contribution is -2.11. The number of phenols is 1. The summed E-state index contributed by atoms with van der Waals surface area (Å²) in [6, 6.07) is 6.55. The predicted molar refractivity (Wildman–Crippen MR) is 70.4 cm³/mol. The molecule has 92 valence electrons. The maximum atomic E-state index is 13.5. The molecule has 2 nitrogen and oxygen atoms in total. The van der Waals surface area contributed by atoms with E-state index in [2.05, 4.69) is 0 Å². The van der Waals surface area contributed by atoms with Gasteiger partial charge in [-0.2, -0.15) is 0 Å². The topological polar surface area (TPSA) is 46.2 Å². The number of hydrogen-bond donors (Lipinski definition) is 2. The molecule has 17 heavy (non-hydrogen) atoms. The molecule has 0 spiro atoms. The maximum Gasteiger partial charge on any atom is 0.168 e. The Morgan fingerprint density at radius 2 is 2.06 bits per heavy atom. The number of aromatic hydroxyl groups is 1. The third-order valence-corrected chi connectivity index (χ3v) is 3.48. The average molecular weight is 274 g/mol. The highest BCUT2D eigenvalue weighted by Gasteiger charge is 2.17. The van der Waals surface area contributed by atoms with Crippen molar-refractivity contribution in [3.63, 3.8) is 0 Å². The summed E-state index contributed by atoms with van der Waals surface area (Å²) < 4.78 is 13.5. The van der Waals surface area contributed by atoms with Crippen LogP contribution in [0.4, 0.5) is 4.39 Å². The smallest absolute Gasteiger partial charge is 0.168 e. The van der Waals surface area contributed by atoms with E-state index < -0.39 is 11.9 Å². The van der Waals surface area contributed by atoms with Gasteiger partial charge in [-0.1, -0.05) is 18.2 Å². The highest BCUT2D eigenvalue weighted by molar-refractivity contribution is 7.10. The van der Waals surface area contributed by atoms with Gasteiger partial charge in [0, 0.05) is 10.4 Å². The molecule has 0 aliphatic carbocycles. The second kappa shape index (κ2) is 5.49. The third kappa shape index (κ3) is 2.60. The first-order valence-electron chi connectivity index (χ1n) is 4.88. The fraction of sp³-hybridized carbons (Fsp3) is 0.167. The van der Waals surface area contributed by atoms with E-state index in [0.29, 0.717) is 11.1 Å². The standard InChI is InChI=1S/C12H12FNOS.ClH/c1-7-4-5-8(12(15)10(7)13)11(14)9-3-2-6-16-9;/h2-6,11,15H,14H2,1H3;1H/t11-;/m1./s1. The number of rotatable bonds is 2. The van der Waals surface area contributed by atoms with Crippen LogP contribution < -0.4 is 5.73 Å². The first-order chi connectivity index (χ1) is 7.61. The first-order valence-corrected chi connectivity index (χ1v) is 5.76. The van der Waals surface area contributed by atoms with Crippen molar-refractivity contribution in [1.29, 1.82) is 0 Å². The first kappa shape index (κ1) is 14.0. The van der Waals surface area contributed by atoms with Gasteiger partial charge in [0.25, 0.3) is 0 Å². The van der Waals surface area contributed by atoms with Crippen molar-refractivity contribution >= 4 is 23.7 Å². The minimum absolute atomic E-state index is 0. The summed E-state index contributed by atoms with van der Waals surface area (Å²) in [5, 5.41) is 11.6. The van der Waals surface area contributed by atoms with Crippen molar-refractivity contribution in [3.05, 3.63) is 51.5 Å². The van der Waals surface area contributed by atoms with E-state index in [4.69, 9.17) is 5.73 Å². The fourth-order valence-corrected chi connectivity index (χ4v) is 2.30. The van der Waals surface area contributed by atoms with Gasteiger partial charge in [-0.25, -0.2) is 4.39 Å². The zero-order chi connectivity index (χ0) is 11.7. The van der Waals surface area contributed by atoms with Gasteiger partial charge in [0.1, 0.15) is 0 Å². The highest BCUT2D eigenvalue weighted by Crippen LogP contribution is 2.32.